The lowest BCUT2D eigenvalue weighted by Crippen LogP contribution is -2.24. The summed E-state index contributed by atoms with van der Waals surface area (Å²) in [5.74, 6) is 0. The van der Waals surface area contributed by atoms with Crippen molar-refractivity contribution in [2.75, 3.05) is 0 Å². The molecule has 2 unspecified atom stereocenters. The van der Waals surface area contributed by atoms with Crippen LogP contribution in [0.2, 0.25) is 0 Å². The largest absolute Gasteiger partial charge is 0.335 e. The molecule has 1 saturated heterocycles. The minimum absolute atomic E-state index is 0.357. The van der Waals surface area contributed by atoms with Gasteiger partial charge in [-0.3, -0.25) is 0 Å². The fraction of sp³-hybridized carbons (Fsp3) is 0.571. The summed E-state index contributed by atoms with van der Waals surface area (Å²) in [6, 6.07) is 0. The highest BCUT2D eigenvalue weighted by molar-refractivity contribution is 6.49. The minimum Gasteiger partial charge on any atom is -0.335 e. The predicted molar refractivity (Wildman–Crippen MR) is 90.4 cm³/mol. The summed E-state index contributed by atoms with van der Waals surface area (Å²) in [6.07, 6.45) is 4.48. The van der Waals surface area contributed by atoms with Crippen LogP contribution in [-0.4, -0.2) is 10.7 Å². The van der Waals surface area contributed by atoms with Gasteiger partial charge in [0.25, 0.3) is 0 Å². The van der Waals surface area contributed by atoms with Crippen molar-refractivity contribution in [3.63, 3.8) is 0 Å². The van der Waals surface area contributed by atoms with E-state index in [1.807, 2.05) is 0 Å². The molecular weight excluding hydrogens is 397 g/mol. The van der Waals surface area contributed by atoms with Gasteiger partial charge in [0.2, 0.25) is 5.06 Å². The van der Waals surface area contributed by atoms with Crippen LogP contribution in [-0.2, 0) is 4.74 Å². The monoisotopic (exact) mass is 406 g/mol. The SMILES string of the molecule is ClC1=C(Cl)C(Cl)=C(C23CCCC(Cl)=C(Cl)C2(Cl)O3)CCC1. The first-order chi connectivity index (χ1) is 9.83. The molecule has 1 nitrogen and oxygen atoms in total. The van der Waals surface area contributed by atoms with E-state index in [9.17, 15) is 0 Å². The molecular formula is C14H12Cl6O. The van der Waals surface area contributed by atoms with Crippen molar-refractivity contribution in [1.82, 2.24) is 0 Å². The first kappa shape index (κ1) is 16.8. The zero-order chi connectivity index (χ0) is 15.4. The molecule has 2 atom stereocenters. The Kier molecular flexibility index (Phi) is 4.61. The molecule has 3 aliphatic rings. The molecule has 0 bridgehead atoms. The summed E-state index contributed by atoms with van der Waals surface area (Å²) in [5, 5.41) is 1.18. The van der Waals surface area contributed by atoms with Crippen LogP contribution in [0, 0.1) is 0 Å². The first-order valence-electron chi connectivity index (χ1n) is 6.71. The zero-order valence-corrected chi connectivity index (χ0v) is 15.5. The lowest BCUT2D eigenvalue weighted by molar-refractivity contribution is 0.298. The van der Waals surface area contributed by atoms with Crippen molar-refractivity contribution in [3.8, 4) is 0 Å². The summed E-state index contributed by atoms with van der Waals surface area (Å²) in [6.45, 7) is 0. The standard InChI is InChI=1S/C14H12Cl6O/c15-8-4-1-3-7(10(17)11(8)18)13-6-2-5-9(16)12(19)14(13,20)21-13/h1-6H2. The van der Waals surface area contributed by atoms with Crippen LogP contribution in [0.15, 0.2) is 30.7 Å². The van der Waals surface area contributed by atoms with Crippen molar-refractivity contribution in [3.05, 3.63) is 30.7 Å². The Morgan fingerprint density at radius 3 is 2.19 bits per heavy atom. The number of hydrogen-bond donors (Lipinski definition) is 0. The third-order valence-corrected chi connectivity index (χ3v) is 7.29. The van der Waals surface area contributed by atoms with Gasteiger partial charge in [0.15, 0.2) is 0 Å². The van der Waals surface area contributed by atoms with Gasteiger partial charge in [-0.1, -0.05) is 69.6 Å². The topological polar surface area (TPSA) is 12.5 Å². The normalized spacial score (nSPS) is 37.4. The predicted octanol–water partition coefficient (Wildman–Crippen LogP) is 6.93. The second kappa shape index (κ2) is 5.77. The van der Waals surface area contributed by atoms with Crippen LogP contribution in [0.4, 0.5) is 0 Å². The molecule has 3 rings (SSSR count). The molecule has 1 fully saturated rings. The summed E-state index contributed by atoms with van der Waals surface area (Å²) in [4.78, 5) is 0. The van der Waals surface area contributed by atoms with Crippen LogP contribution < -0.4 is 0 Å². The quantitative estimate of drug-likeness (QED) is 0.338. The second-order valence-corrected chi connectivity index (χ2v) is 8.04. The van der Waals surface area contributed by atoms with Crippen LogP contribution in [0.25, 0.3) is 0 Å². The Morgan fingerprint density at radius 1 is 0.810 bits per heavy atom. The van der Waals surface area contributed by atoms with E-state index < -0.39 is 10.7 Å². The number of ether oxygens (including phenoxy) is 1. The molecule has 0 saturated carbocycles. The van der Waals surface area contributed by atoms with Crippen LogP contribution in [0.3, 0.4) is 0 Å². The molecule has 2 aliphatic carbocycles. The summed E-state index contributed by atoms with van der Waals surface area (Å²) in [7, 11) is 0. The van der Waals surface area contributed by atoms with Crippen molar-refractivity contribution in [2.24, 2.45) is 0 Å². The Bertz CT molecular complexity index is 592. The van der Waals surface area contributed by atoms with Crippen LogP contribution in [0.1, 0.15) is 38.5 Å². The maximum Gasteiger partial charge on any atom is 0.212 e. The molecule has 116 valence electrons. The number of epoxide rings is 1. The molecule has 0 radical (unpaired) electrons. The number of fused-ring (bicyclic) bond motifs is 1. The lowest BCUT2D eigenvalue weighted by Gasteiger charge is -2.19. The van der Waals surface area contributed by atoms with Crippen LogP contribution >= 0.6 is 69.6 Å². The molecule has 0 spiro atoms. The van der Waals surface area contributed by atoms with Crippen molar-refractivity contribution >= 4 is 69.6 Å². The molecule has 0 aromatic carbocycles. The van der Waals surface area contributed by atoms with Gasteiger partial charge in [-0.25, -0.2) is 0 Å². The van der Waals surface area contributed by atoms with E-state index in [-0.39, 0.29) is 0 Å². The smallest absolute Gasteiger partial charge is 0.212 e. The summed E-state index contributed by atoms with van der Waals surface area (Å²) < 4.78 is 5.89. The second-order valence-electron chi connectivity index (χ2n) is 5.46. The maximum atomic E-state index is 6.61. The van der Waals surface area contributed by atoms with Gasteiger partial charge in [-0.2, -0.15) is 0 Å². The van der Waals surface area contributed by atoms with E-state index in [4.69, 9.17) is 74.3 Å². The number of halogens is 6. The highest BCUT2D eigenvalue weighted by atomic mass is 35.5. The fourth-order valence-corrected chi connectivity index (χ4v) is 5.00. The van der Waals surface area contributed by atoms with Gasteiger partial charge < -0.3 is 4.74 Å². The van der Waals surface area contributed by atoms with Gasteiger partial charge >= 0.3 is 0 Å². The van der Waals surface area contributed by atoms with E-state index in [0.29, 0.717) is 44.4 Å². The molecule has 1 aliphatic heterocycles. The third kappa shape index (κ3) is 2.48. The molecule has 21 heavy (non-hydrogen) atoms. The average Bonchev–Trinajstić information content (AvgIpc) is 3.10. The average molecular weight is 409 g/mol. The summed E-state index contributed by atoms with van der Waals surface area (Å²) >= 11 is 38.0. The highest BCUT2D eigenvalue weighted by Crippen LogP contribution is 2.67. The maximum absolute atomic E-state index is 6.61. The first-order valence-corrected chi connectivity index (χ1v) is 8.97. The molecule has 0 aromatic rings. The van der Waals surface area contributed by atoms with E-state index in [1.165, 1.54) is 0 Å². The van der Waals surface area contributed by atoms with Crippen molar-refractivity contribution in [1.29, 1.82) is 0 Å². The molecule has 0 N–H and O–H groups in total. The molecule has 7 heteroatoms. The van der Waals surface area contributed by atoms with E-state index in [2.05, 4.69) is 0 Å². The number of rotatable bonds is 1. The Labute approximate surface area is 153 Å². The number of hydrogen-bond acceptors (Lipinski definition) is 1. The van der Waals surface area contributed by atoms with Gasteiger partial charge in [0.05, 0.1) is 15.1 Å². The Hall–Kier alpha value is 0.920. The Balaban J connectivity index is 2.09. The number of allylic oxidation sites excluding steroid dienone is 4. The van der Waals surface area contributed by atoms with Crippen LogP contribution in [0.5, 0.6) is 0 Å². The van der Waals surface area contributed by atoms with Gasteiger partial charge in [0, 0.05) is 10.1 Å². The van der Waals surface area contributed by atoms with E-state index >= 15 is 0 Å². The Morgan fingerprint density at radius 2 is 1.48 bits per heavy atom. The van der Waals surface area contributed by atoms with Gasteiger partial charge in [-0.05, 0) is 44.1 Å². The van der Waals surface area contributed by atoms with Gasteiger partial charge in [0.1, 0.15) is 5.60 Å². The van der Waals surface area contributed by atoms with E-state index in [0.717, 1.165) is 24.8 Å². The fourth-order valence-electron chi connectivity index (χ4n) is 3.10. The van der Waals surface area contributed by atoms with E-state index in [1.54, 1.807) is 0 Å². The zero-order valence-electron chi connectivity index (χ0n) is 10.9. The molecule has 0 amide bonds. The lowest BCUT2D eigenvalue weighted by atomic mass is 9.87. The van der Waals surface area contributed by atoms with Crippen molar-refractivity contribution in [2.45, 2.75) is 49.2 Å². The molecule has 1 heterocycles. The van der Waals surface area contributed by atoms with Crippen molar-refractivity contribution < 1.29 is 4.74 Å². The number of alkyl halides is 1. The summed E-state index contributed by atoms with van der Waals surface area (Å²) in [5.41, 5.74) is 0.158. The molecule has 0 aromatic heterocycles. The van der Waals surface area contributed by atoms with Gasteiger partial charge in [-0.15, -0.1) is 0 Å². The highest BCUT2D eigenvalue weighted by Gasteiger charge is 2.74. The third-order valence-electron chi connectivity index (χ3n) is 4.24. The minimum atomic E-state index is -1.12.